The number of imidazole rings is 1. The summed E-state index contributed by atoms with van der Waals surface area (Å²) in [6.45, 7) is 1.35. The Morgan fingerprint density at radius 2 is 2.31 bits per heavy atom. The van der Waals surface area contributed by atoms with E-state index in [0.717, 1.165) is 0 Å². The largest absolute Gasteiger partial charge is 0.461 e. The summed E-state index contributed by atoms with van der Waals surface area (Å²) in [7, 11) is 1.29. The minimum Gasteiger partial charge on any atom is -0.461 e. The number of anilines is 1. The standard InChI is InChI=1S/C16H20FN5O4/c1-4-6-11(24)26-8-16(5-2,25-3)10(23)7-22-9-19-12-13(18)20-15(17)21-14(12)22/h2,9-10,23H,4,6-8H2,1,3H3,(H2,18,20,21)/t10-,16?/m0/s1. The third kappa shape index (κ3) is 3.89. The quantitative estimate of drug-likeness (QED) is 0.388. The van der Waals surface area contributed by atoms with E-state index in [4.69, 9.17) is 21.6 Å². The maximum Gasteiger partial charge on any atom is 0.312 e. The minimum atomic E-state index is -1.59. The summed E-state index contributed by atoms with van der Waals surface area (Å²) < 4.78 is 25.1. The molecule has 0 saturated carbocycles. The van der Waals surface area contributed by atoms with Crippen molar-refractivity contribution in [1.82, 2.24) is 19.5 Å². The number of nitrogen functional groups attached to an aromatic ring is 1. The van der Waals surface area contributed by atoms with Gasteiger partial charge in [0.25, 0.3) is 0 Å². The summed E-state index contributed by atoms with van der Waals surface area (Å²) in [5.74, 6) is 1.76. The molecule has 3 N–H and O–H groups in total. The average molecular weight is 365 g/mol. The molecular formula is C16H20FN5O4. The van der Waals surface area contributed by atoms with Gasteiger partial charge in [0.1, 0.15) is 18.2 Å². The minimum absolute atomic E-state index is 0.0963. The zero-order chi connectivity index (χ0) is 19.3. The molecule has 2 atom stereocenters. The van der Waals surface area contributed by atoms with E-state index in [1.54, 1.807) is 0 Å². The second-order valence-electron chi connectivity index (χ2n) is 5.61. The normalized spacial score (nSPS) is 14.6. The lowest BCUT2D eigenvalue weighted by Crippen LogP contribution is -2.49. The number of terminal acetylenes is 1. The highest BCUT2D eigenvalue weighted by Crippen LogP contribution is 2.21. The van der Waals surface area contributed by atoms with Gasteiger partial charge in [-0.1, -0.05) is 12.8 Å². The van der Waals surface area contributed by atoms with Crippen LogP contribution in [0.3, 0.4) is 0 Å². The number of halogens is 1. The molecule has 0 radical (unpaired) electrons. The third-order valence-electron chi connectivity index (χ3n) is 3.88. The van der Waals surface area contributed by atoms with Gasteiger partial charge in [0, 0.05) is 13.5 Å². The molecule has 2 aromatic rings. The van der Waals surface area contributed by atoms with Crippen LogP contribution in [0.1, 0.15) is 19.8 Å². The Balaban J connectivity index is 2.24. The molecular weight excluding hydrogens is 345 g/mol. The zero-order valence-corrected chi connectivity index (χ0v) is 14.5. The highest BCUT2D eigenvalue weighted by Gasteiger charge is 2.38. The van der Waals surface area contributed by atoms with Crippen LogP contribution in [0.4, 0.5) is 10.2 Å². The molecule has 1 unspecified atom stereocenters. The lowest BCUT2D eigenvalue weighted by Gasteiger charge is -2.31. The first-order valence-electron chi connectivity index (χ1n) is 7.87. The Morgan fingerprint density at radius 3 is 2.92 bits per heavy atom. The molecule has 0 amide bonds. The van der Waals surface area contributed by atoms with Gasteiger partial charge in [-0.25, -0.2) is 4.98 Å². The van der Waals surface area contributed by atoms with E-state index in [9.17, 15) is 14.3 Å². The molecule has 0 saturated heterocycles. The van der Waals surface area contributed by atoms with Gasteiger partial charge in [-0.05, 0) is 6.42 Å². The van der Waals surface area contributed by atoms with Crippen molar-refractivity contribution in [1.29, 1.82) is 0 Å². The van der Waals surface area contributed by atoms with Gasteiger partial charge in [0.05, 0.1) is 12.9 Å². The Labute approximate surface area is 149 Å². The number of carbonyl (C=O) groups is 1. The van der Waals surface area contributed by atoms with E-state index >= 15 is 0 Å². The van der Waals surface area contributed by atoms with Crippen molar-refractivity contribution < 1.29 is 23.8 Å². The molecule has 2 heterocycles. The highest BCUT2D eigenvalue weighted by atomic mass is 19.1. The summed E-state index contributed by atoms with van der Waals surface area (Å²) in [4.78, 5) is 22.6. The van der Waals surface area contributed by atoms with E-state index < -0.39 is 23.8 Å². The number of fused-ring (bicyclic) bond motifs is 1. The predicted molar refractivity (Wildman–Crippen MR) is 90.1 cm³/mol. The van der Waals surface area contributed by atoms with E-state index in [1.165, 1.54) is 18.0 Å². The molecule has 0 aliphatic rings. The van der Waals surface area contributed by atoms with Crippen LogP contribution in [-0.2, 0) is 20.8 Å². The van der Waals surface area contributed by atoms with Crippen molar-refractivity contribution in [2.24, 2.45) is 0 Å². The van der Waals surface area contributed by atoms with E-state index in [2.05, 4.69) is 20.9 Å². The number of aliphatic hydroxyl groups is 1. The average Bonchev–Trinajstić information content (AvgIpc) is 2.99. The van der Waals surface area contributed by atoms with Gasteiger partial charge < -0.3 is 24.9 Å². The van der Waals surface area contributed by atoms with Crippen LogP contribution in [0.5, 0.6) is 0 Å². The molecule has 0 aromatic carbocycles. The topological polar surface area (TPSA) is 125 Å². The summed E-state index contributed by atoms with van der Waals surface area (Å²) in [5, 5.41) is 10.6. The van der Waals surface area contributed by atoms with Crippen LogP contribution in [0, 0.1) is 18.4 Å². The van der Waals surface area contributed by atoms with Crippen LogP contribution in [0.25, 0.3) is 11.2 Å². The van der Waals surface area contributed by atoms with Crippen LogP contribution in [-0.4, -0.2) is 56.0 Å². The van der Waals surface area contributed by atoms with Crippen molar-refractivity contribution in [3.05, 3.63) is 12.4 Å². The smallest absolute Gasteiger partial charge is 0.312 e. The Morgan fingerprint density at radius 1 is 1.58 bits per heavy atom. The number of carbonyl (C=O) groups excluding carboxylic acids is 1. The van der Waals surface area contributed by atoms with Gasteiger partial charge in [0.2, 0.25) is 0 Å². The molecule has 2 rings (SSSR count). The number of ether oxygens (including phenoxy) is 2. The third-order valence-corrected chi connectivity index (χ3v) is 3.88. The molecule has 140 valence electrons. The molecule has 10 heteroatoms. The maximum absolute atomic E-state index is 13.4. The fourth-order valence-corrected chi connectivity index (χ4v) is 2.36. The number of hydrogen-bond donors (Lipinski definition) is 2. The number of nitrogens with two attached hydrogens (primary N) is 1. The van der Waals surface area contributed by atoms with Gasteiger partial charge in [0.15, 0.2) is 17.1 Å². The number of rotatable bonds is 8. The summed E-state index contributed by atoms with van der Waals surface area (Å²) >= 11 is 0. The van der Waals surface area contributed by atoms with Crippen molar-refractivity contribution >= 4 is 23.0 Å². The number of esters is 1. The first kappa shape index (κ1) is 19.6. The molecule has 0 fully saturated rings. The number of methoxy groups -OCH3 is 1. The first-order chi connectivity index (χ1) is 12.4. The van der Waals surface area contributed by atoms with Crippen molar-refractivity contribution in [2.75, 3.05) is 19.5 Å². The van der Waals surface area contributed by atoms with E-state index in [0.29, 0.717) is 6.42 Å². The zero-order valence-electron chi connectivity index (χ0n) is 14.5. The molecule has 0 aliphatic carbocycles. The predicted octanol–water partition coefficient (Wildman–Crippen LogP) is 0.270. The Kier molecular flexibility index (Phi) is 6.07. The van der Waals surface area contributed by atoms with E-state index in [1.807, 2.05) is 6.92 Å². The van der Waals surface area contributed by atoms with Crippen LogP contribution in [0.2, 0.25) is 0 Å². The molecule has 9 nitrogen and oxygen atoms in total. The van der Waals surface area contributed by atoms with Crippen molar-refractivity contribution in [3.63, 3.8) is 0 Å². The monoisotopic (exact) mass is 365 g/mol. The summed E-state index contributed by atoms with van der Waals surface area (Å²) in [5.41, 5.74) is 4.31. The molecule has 0 spiro atoms. The molecule has 2 aromatic heterocycles. The maximum atomic E-state index is 13.4. The van der Waals surface area contributed by atoms with Crippen LogP contribution in [0.15, 0.2) is 6.33 Å². The van der Waals surface area contributed by atoms with Crippen LogP contribution >= 0.6 is 0 Å². The Hall–Kier alpha value is -2.77. The summed E-state index contributed by atoms with van der Waals surface area (Å²) in [6.07, 6.45) is 5.35. The van der Waals surface area contributed by atoms with Crippen molar-refractivity contribution in [3.8, 4) is 12.3 Å². The van der Waals surface area contributed by atoms with Crippen molar-refractivity contribution in [2.45, 2.75) is 38.0 Å². The van der Waals surface area contributed by atoms with Gasteiger partial charge in [-0.3, -0.25) is 4.79 Å². The number of aliphatic hydroxyl groups excluding tert-OH is 1. The van der Waals surface area contributed by atoms with Gasteiger partial charge in [-0.2, -0.15) is 14.4 Å². The summed E-state index contributed by atoms with van der Waals surface area (Å²) in [6, 6.07) is 0. The molecule has 0 aliphatic heterocycles. The SMILES string of the molecule is C#CC(COC(=O)CCC)(OC)[C@@H](O)Cn1cnc2c(N)nc(F)nc21. The highest BCUT2D eigenvalue weighted by molar-refractivity contribution is 5.81. The van der Waals surface area contributed by atoms with E-state index in [-0.39, 0.29) is 36.6 Å². The van der Waals surface area contributed by atoms with Gasteiger partial charge in [-0.15, -0.1) is 6.42 Å². The van der Waals surface area contributed by atoms with Crippen LogP contribution < -0.4 is 5.73 Å². The number of aromatic nitrogens is 4. The fourth-order valence-electron chi connectivity index (χ4n) is 2.36. The Bertz CT molecular complexity index is 834. The van der Waals surface area contributed by atoms with Gasteiger partial charge >= 0.3 is 12.0 Å². The fraction of sp³-hybridized carbons (Fsp3) is 0.500. The number of hydrogen-bond acceptors (Lipinski definition) is 8. The molecule has 0 bridgehead atoms. The number of nitrogens with zero attached hydrogens (tertiary/aromatic N) is 4. The second kappa shape index (κ2) is 8.07. The first-order valence-corrected chi connectivity index (χ1v) is 7.87. The molecule has 26 heavy (non-hydrogen) atoms. The lowest BCUT2D eigenvalue weighted by molar-refractivity contribution is -0.157. The second-order valence-corrected chi connectivity index (χ2v) is 5.61. The lowest BCUT2D eigenvalue weighted by atomic mass is 9.98.